The lowest BCUT2D eigenvalue weighted by atomic mass is 9.99. The van der Waals surface area contributed by atoms with Gasteiger partial charge < -0.3 is 24.8 Å². The second-order valence-corrected chi connectivity index (χ2v) is 8.71. The summed E-state index contributed by atoms with van der Waals surface area (Å²) in [7, 11) is 1.30. The van der Waals surface area contributed by atoms with Crippen LogP contribution in [0.4, 0.5) is 11.4 Å². The second kappa shape index (κ2) is 9.68. The molecule has 5 rings (SSSR count). The summed E-state index contributed by atoms with van der Waals surface area (Å²) >= 11 is 0. The number of fused-ring (bicyclic) bond motifs is 2. The van der Waals surface area contributed by atoms with Gasteiger partial charge >= 0.3 is 5.97 Å². The Kier molecular flexibility index (Phi) is 6.29. The van der Waals surface area contributed by atoms with Gasteiger partial charge in [-0.05, 0) is 53.6 Å². The van der Waals surface area contributed by atoms with Crippen molar-refractivity contribution in [2.45, 2.75) is 19.1 Å². The van der Waals surface area contributed by atoms with E-state index in [1.54, 1.807) is 12.1 Å². The lowest BCUT2D eigenvalue weighted by Crippen LogP contribution is -2.44. The largest absolute Gasteiger partial charge is 0.507 e. The van der Waals surface area contributed by atoms with Gasteiger partial charge in [0.05, 0.1) is 19.3 Å². The molecule has 0 bridgehead atoms. The highest BCUT2D eigenvalue weighted by molar-refractivity contribution is 5.94. The summed E-state index contributed by atoms with van der Waals surface area (Å²) in [6.45, 7) is 3.38. The molecule has 4 aromatic rings. The minimum Gasteiger partial charge on any atom is -0.507 e. The van der Waals surface area contributed by atoms with E-state index in [1.807, 2.05) is 24.3 Å². The first-order valence-corrected chi connectivity index (χ1v) is 11.7. The molecule has 6 nitrogen and oxygen atoms in total. The lowest BCUT2D eigenvalue weighted by molar-refractivity contribution is 0.0597. The highest BCUT2D eigenvalue weighted by Crippen LogP contribution is 2.39. The van der Waals surface area contributed by atoms with E-state index in [-0.39, 0.29) is 23.5 Å². The molecule has 4 aromatic carbocycles. The molecule has 0 amide bonds. The molecule has 0 aromatic heterocycles. The Morgan fingerprint density at radius 1 is 1.09 bits per heavy atom. The van der Waals surface area contributed by atoms with Gasteiger partial charge in [0, 0.05) is 18.3 Å². The molecule has 1 aliphatic heterocycles. The van der Waals surface area contributed by atoms with Crippen molar-refractivity contribution in [1.29, 1.82) is 0 Å². The zero-order valence-corrected chi connectivity index (χ0v) is 19.8. The number of para-hydroxylation sites is 2. The Labute approximate surface area is 204 Å². The van der Waals surface area contributed by atoms with Crippen LogP contribution < -0.4 is 15.0 Å². The molecule has 0 fully saturated rings. The van der Waals surface area contributed by atoms with Crippen LogP contribution in [0.5, 0.6) is 11.5 Å². The molecule has 6 heteroatoms. The number of anilines is 2. The minimum absolute atomic E-state index is 0.107. The first kappa shape index (κ1) is 22.7. The molecule has 1 unspecified atom stereocenters. The molecule has 178 valence electrons. The molecule has 2 atom stereocenters. The number of rotatable bonds is 6. The van der Waals surface area contributed by atoms with Crippen molar-refractivity contribution in [2.75, 3.05) is 25.1 Å². The van der Waals surface area contributed by atoms with Crippen molar-refractivity contribution in [3.63, 3.8) is 0 Å². The van der Waals surface area contributed by atoms with Crippen molar-refractivity contribution >= 4 is 28.1 Å². The Morgan fingerprint density at radius 3 is 2.71 bits per heavy atom. The van der Waals surface area contributed by atoms with E-state index in [2.05, 4.69) is 59.6 Å². The number of phenolic OH excluding ortho intramolecular Hbond substituents is 1. The molecule has 2 N–H and O–H groups in total. The number of carbonyl (C=O) groups excluding carboxylic acids is 1. The van der Waals surface area contributed by atoms with Crippen LogP contribution >= 0.6 is 0 Å². The van der Waals surface area contributed by atoms with Crippen LogP contribution in [0.25, 0.3) is 10.8 Å². The van der Waals surface area contributed by atoms with Gasteiger partial charge in [0.1, 0.15) is 23.2 Å². The number of esters is 1. The summed E-state index contributed by atoms with van der Waals surface area (Å²) in [4.78, 5) is 14.3. The predicted octanol–water partition coefficient (Wildman–Crippen LogP) is 5.58. The Hall–Kier alpha value is -4.03. The summed E-state index contributed by atoms with van der Waals surface area (Å²) in [5.41, 5.74) is 3.07. The molecule has 0 saturated carbocycles. The molecule has 0 spiro atoms. The van der Waals surface area contributed by atoms with Crippen molar-refractivity contribution in [3.05, 3.63) is 96.1 Å². The monoisotopic (exact) mass is 468 g/mol. The molecule has 1 heterocycles. The predicted molar refractivity (Wildman–Crippen MR) is 138 cm³/mol. The van der Waals surface area contributed by atoms with Gasteiger partial charge in [-0.1, -0.05) is 54.6 Å². The molecule has 0 saturated heterocycles. The van der Waals surface area contributed by atoms with Crippen LogP contribution in [0.3, 0.4) is 0 Å². The third kappa shape index (κ3) is 4.53. The van der Waals surface area contributed by atoms with E-state index in [0.717, 1.165) is 17.1 Å². The first-order chi connectivity index (χ1) is 17.0. The van der Waals surface area contributed by atoms with E-state index in [4.69, 9.17) is 9.47 Å². The maximum absolute atomic E-state index is 12.1. The standard InChI is InChI=1S/C29H28N2O4/c1-19(23-11-7-9-20-8-3-4-10-24(20)23)30-17-22-18-31(26-12-5-6-13-28(26)35-22)21-14-15-27(32)25(16-21)29(33)34-2/h3-16,19,22,30,32H,17-18H2,1-2H3/t19-,22?/m1/s1. The first-order valence-electron chi connectivity index (χ1n) is 11.7. The second-order valence-electron chi connectivity index (χ2n) is 8.71. The fraction of sp³-hybridized carbons (Fsp3) is 0.207. The van der Waals surface area contributed by atoms with Crippen molar-refractivity contribution in [1.82, 2.24) is 5.32 Å². The van der Waals surface area contributed by atoms with Gasteiger partial charge in [0.15, 0.2) is 0 Å². The number of methoxy groups -OCH3 is 1. The maximum Gasteiger partial charge on any atom is 0.341 e. The van der Waals surface area contributed by atoms with Gasteiger partial charge in [-0.15, -0.1) is 0 Å². The highest BCUT2D eigenvalue weighted by Gasteiger charge is 2.28. The van der Waals surface area contributed by atoms with Crippen LogP contribution in [0, 0.1) is 0 Å². The summed E-state index contributed by atoms with van der Waals surface area (Å²) in [5.74, 6) is 0.0911. The Bertz CT molecular complexity index is 1360. The highest BCUT2D eigenvalue weighted by atomic mass is 16.5. The third-order valence-corrected chi connectivity index (χ3v) is 6.47. The maximum atomic E-state index is 12.1. The lowest BCUT2D eigenvalue weighted by Gasteiger charge is -2.37. The number of aromatic hydroxyl groups is 1. The average molecular weight is 469 g/mol. The normalized spacial score (nSPS) is 15.8. The number of benzene rings is 4. The van der Waals surface area contributed by atoms with Crippen molar-refractivity contribution in [2.24, 2.45) is 0 Å². The zero-order valence-electron chi connectivity index (χ0n) is 19.8. The van der Waals surface area contributed by atoms with Crippen LogP contribution in [-0.4, -0.2) is 37.4 Å². The molecule has 35 heavy (non-hydrogen) atoms. The van der Waals surface area contributed by atoms with Gasteiger partial charge in [0.25, 0.3) is 0 Å². The number of carbonyl (C=O) groups is 1. The van der Waals surface area contributed by atoms with Crippen molar-refractivity contribution in [3.8, 4) is 11.5 Å². The van der Waals surface area contributed by atoms with Gasteiger partial charge in [-0.2, -0.15) is 0 Å². The van der Waals surface area contributed by atoms with E-state index < -0.39 is 5.97 Å². The third-order valence-electron chi connectivity index (χ3n) is 6.47. The van der Waals surface area contributed by atoms with E-state index in [0.29, 0.717) is 13.1 Å². The summed E-state index contributed by atoms with van der Waals surface area (Å²) in [5, 5.41) is 16.3. The molecular formula is C29H28N2O4. The smallest absolute Gasteiger partial charge is 0.341 e. The minimum atomic E-state index is -0.576. The van der Waals surface area contributed by atoms with E-state index in [1.165, 1.54) is 29.5 Å². The Morgan fingerprint density at radius 2 is 1.86 bits per heavy atom. The summed E-state index contributed by atoms with van der Waals surface area (Å²) < 4.78 is 11.2. The molecular weight excluding hydrogens is 440 g/mol. The van der Waals surface area contributed by atoms with E-state index >= 15 is 0 Å². The fourth-order valence-electron chi connectivity index (χ4n) is 4.66. The van der Waals surface area contributed by atoms with Crippen LogP contribution in [0.1, 0.15) is 28.9 Å². The molecule has 0 aliphatic carbocycles. The number of hydrogen-bond donors (Lipinski definition) is 2. The topological polar surface area (TPSA) is 71.0 Å². The van der Waals surface area contributed by atoms with Gasteiger partial charge in [0.2, 0.25) is 0 Å². The number of hydrogen-bond acceptors (Lipinski definition) is 6. The molecule has 1 aliphatic rings. The average Bonchev–Trinajstić information content (AvgIpc) is 2.90. The molecule has 0 radical (unpaired) electrons. The van der Waals surface area contributed by atoms with Crippen molar-refractivity contribution < 1.29 is 19.4 Å². The quantitative estimate of drug-likeness (QED) is 0.360. The summed E-state index contributed by atoms with van der Waals surface area (Å²) in [6, 6.07) is 27.7. The number of ether oxygens (including phenoxy) is 2. The summed E-state index contributed by atoms with van der Waals surface area (Å²) in [6.07, 6.45) is -0.127. The number of nitrogens with one attached hydrogen (secondary N) is 1. The number of nitrogens with zero attached hydrogens (tertiary/aromatic N) is 1. The van der Waals surface area contributed by atoms with Crippen LogP contribution in [0.2, 0.25) is 0 Å². The SMILES string of the molecule is COC(=O)c1cc(N2CC(CN[C@H](C)c3cccc4ccccc34)Oc3ccccc32)ccc1O. The Balaban J connectivity index is 1.39. The number of phenols is 1. The van der Waals surface area contributed by atoms with Gasteiger partial charge in [-0.25, -0.2) is 4.79 Å². The van der Waals surface area contributed by atoms with Gasteiger partial charge in [-0.3, -0.25) is 0 Å². The van der Waals surface area contributed by atoms with Crippen LogP contribution in [0.15, 0.2) is 84.9 Å². The zero-order chi connectivity index (χ0) is 24.4. The fourth-order valence-corrected chi connectivity index (χ4v) is 4.66. The van der Waals surface area contributed by atoms with Crippen LogP contribution in [-0.2, 0) is 4.74 Å². The van der Waals surface area contributed by atoms with E-state index in [9.17, 15) is 9.90 Å².